The maximum Gasteiger partial charge on any atom is 0.303 e. The highest BCUT2D eigenvalue weighted by atomic mass is 19.1. The number of halogens is 1. The Morgan fingerprint density at radius 3 is 2.68 bits per heavy atom. The Kier molecular flexibility index (Phi) is 7.66. The van der Waals surface area contributed by atoms with Crippen molar-refractivity contribution in [2.75, 3.05) is 24.5 Å². The van der Waals surface area contributed by atoms with Crippen molar-refractivity contribution in [1.82, 2.24) is 5.32 Å². The van der Waals surface area contributed by atoms with Crippen LogP contribution in [0.2, 0.25) is 0 Å². The van der Waals surface area contributed by atoms with Crippen LogP contribution < -0.4 is 15.0 Å². The van der Waals surface area contributed by atoms with Gasteiger partial charge in [0.1, 0.15) is 17.7 Å². The SMILES string of the molecule is O=C(O)CCc1cc(F)cc(N2C[C@@H](CCNCCc3cccc4ccccc34)Oc3ccccc32)c1. The number of aryl methyl sites for hydroxylation is 1. The first-order chi connectivity index (χ1) is 18.1. The number of aliphatic carboxylic acids is 1. The maximum atomic E-state index is 14.5. The van der Waals surface area contributed by atoms with E-state index in [0.717, 1.165) is 37.4 Å². The molecule has 4 aromatic carbocycles. The Balaban J connectivity index is 1.23. The van der Waals surface area contributed by atoms with Gasteiger partial charge in [0, 0.05) is 12.1 Å². The number of anilines is 2. The Morgan fingerprint density at radius 1 is 0.973 bits per heavy atom. The molecule has 1 heterocycles. The van der Waals surface area contributed by atoms with Gasteiger partial charge in [-0.25, -0.2) is 4.39 Å². The molecule has 0 aliphatic carbocycles. The van der Waals surface area contributed by atoms with Crippen LogP contribution in [0.1, 0.15) is 24.0 Å². The molecule has 37 heavy (non-hydrogen) atoms. The zero-order chi connectivity index (χ0) is 25.6. The lowest BCUT2D eigenvalue weighted by Gasteiger charge is -2.36. The monoisotopic (exact) mass is 498 g/mol. The molecular formula is C31H31FN2O3. The van der Waals surface area contributed by atoms with E-state index in [4.69, 9.17) is 9.84 Å². The van der Waals surface area contributed by atoms with Crippen molar-refractivity contribution in [3.05, 3.63) is 102 Å². The van der Waals surface area contributed by atoms with Crippen LogP contribution >= 0.6 is 0 Å². The zero-order valence-electron chi connectivity index (χ0n) is 20.7. The first-order valence-corrected chi connectivity index (χ1v) is 12.8. The van der Waals surface area contributed by atoms with Gasteiger partial charge < -0.3 is 20.1 Å². The highest BCUT2D eigenvalue weighted by molar-refractivity contribution is 5.85. The average Bonchev–Trinajstić information content (AvgIpc) is 2.91. The normalized spacial score (nSPS) is 14.8. The number of nitrogens with one attached hydrogen (secondary N) is 1. The van der Waals surface area contributed by atoms with Crippen molar-refractivity contribution in [2.45, 2.75) is 31.8 Å². The topological polar surface area (TPSA) is 61.8 Å². The van der Waals surface area contributed by atoms with E-state index in [1.807, 2.05) is 30.3 Å². The summed E-state index contributed by atoms with van der Waals surface area (Å²) in [6.07, 6.45) is 1.95. The summed E-state index contributed by atoms with van der Waals surface area (Å²) < 4.78 is 20.8. The average molecular weight is 499 g/mol. The number of para-hydroxylation sites is 2. The van der Waals surface area contributed by atoms with Gasteiger partial charge in [0.15, 0.2) is 0 Å². The molecule has 4 aromatic rings. The van der Waals surface area contributed by atoms with Crippen molar-refractivity contribution in [2.24, 2.45) is 0 Å². The van der Waals surface area contributed by atoms with E-state index in [1.165, 1.54) is 28.5 Å². The Labute approximate surface area is 216 Å². The Hall–Kier alpha value is -3.90. The number of benzene rings is 4. The molecule has 0 saturated heterocycles. The van der Waals surface area contributed by atoms with E-state index in [1.54, 1.807) is 0 Å². The van der Waals surface area contributed by atoms with Crippen molar-refractivity contribution in [1.29, 1.82) is 0 Å². The van der Waals surface area contributed by atoms with Crippen LogP contribution in [0.25, 0.3) is 10.8 Å². The highest BCUT2D eigenvalue weighted by Crippen LogP contribution is 2.39. The van der Waals surface area contributed by atoms with E-state index in [9.17, 15) is 9.18 Å². The van der Waals surface area contributed by atoms with Gasteiger partial charge in [0.25, 0.3) is 0 Å². The van der Waals surface area contributed by atoms with Crippen LogP contribution in [0.15, 0.2) is 84.9 Å². The fourth-order valence-corrected chi connectivity index (χ4v) is 5.00. The van der Waals surface area contributed by atoms with Gasteiger partial charge in [-0.1, -0.05) is 54.6 Å². The minimum absolute atomic E-state index is 0.0321. The summed E-state index contributed by atoms with van der Waals surface area (Å²) >= 11 is 0. The third-order valence-electron chi connectivity index (χ3n) is 6.81. The van der Waals surface area contributed by atoms with Crippen LogP contribution in [0.3, 0.4) is 0 Å². The Bertz CT molecular complexity index is 1380. The molecule has 1 aliphatic rings. The summed E-state index contributed by atoms with van der Waals surface area (Å²) in [6, 6.07) is 27.5. The number of carbonyl (C=O) groups is 1. The molecule has 0 bridgehead atoms. The van der Waals surface area contributed by atoms with Crippen molar-refractivity contribution < 1.29 is 19.0 Å². The highest BCUT2D eigenvalue weighted by Gasteiger charge is 2.27. The third kappa shape index (κ3) is 6.09. The third-order valence-corrected chi connectivity index (χ3v) is 6.81. The molecule has 2 N–H and O–H groups in total. The number of hydrogen-bond acceptors (Lipinski definition) is 4. The summed E-state index contributed by atoms with van der Waals surface area (Å²) in [4.78, 5) is 13.1. The summed E-state index contributed by atoms with van der Waals surface area (Å²) in [7, 11) is 0. The lowest BCUT2D eigenvalue weighted by atomic mass is 10.0. The predicted octanol–water partition coefficient (Wildman–Crippen LogP) is 6.12. The second-order valence-electron chi connectivity index (χ2n) is 9.46. The molecule has 1 atom stereocenters. The molecule has 0 amide bonds. The number of rotatable bonds is 10. The lowest BCUT2D eigenvalue weighted by molar-refractivity contribution is -0.136. The molecular weight excluding hydrogens is 467 g/mol. The second-order valence-corrected chi connectivity index (χ2v) is 9.46. The fraction of sp³-hybridized carbons (Fsp3) is 0.258. The van der Waals surface area contributed by atoms with E-state index in [0.29, 0.717) is 17.8 Å². The van der Waals surface area contributed by atoms with E-state index in [2.05, 4.69) is 52.7 Å². The smallest absolute Gasteiger partial charge is 0.303 e. The van der Waals surface area contributed by atoms with Gasteiger partial charge in [0.2, 0.25) is 0 Å². The molecule has 0 spiro atoms. The zero-order valence-corrected chi connectivity index (χ0v) is 20.7. The molecule has 1 aliphatic heterocycles. The molecule has 0 saturated carbocycles. The molecule has 6 heteroatoms. The van der Waals surface area contributed by atoms with Crippen LogP contribution in [-0.2, 0) is 17.6 Å². The van der Waals surface area contributed by atoms with Gasteiger partial charge in [-0.05, 0) is 84.6 Å². The molecule has 190 valence electrons. The van der Waals surface area contributed by atoms with Gasteiger partial charge in [-0.15, -0.1) is 0 Å². The van der Waals surface area contributed by atoms with Gasteiger partial charge in [-0.3, -0.25) is 4.79 Å². The summed E-state index contributed by atoms with van der Waals surface area (Å²) in [6.45, 7) is 2.26. The first-order valence-electron chi connectivity index (χ1n) is 12.8. The molecule has 0 fully saturated rings. The molecule has 0 aromatic heterocycles. The number of nitrogens with zero attached hydrogens (tertiary/aromatic N) is 1. The van der Waals surface area contributed by atoms with Crippen LogP contribution in [-0.4, -0.2) is 36.8 Å². The van der Waals surface area contributed by atoms with Crippen LogP contribution in [0.5, 0.6) is 5.75 Å². The molecule has 0 radical (unpaired) electrons. The second kappa shape index (κ2) is 11.4. The van der Waals surface area contributed by atoms with Crippen LogP contribution in [0.4, 0.5) is 15.8 Å². The molecule has 0 unspecified atom stereocenters. The number of fused-ring (bicyclic) bond motifs is 2. The lowest BCUT2D eigenvalue weighted by Crippen LogP contribution is -2.39. The van der Waals surface area contributed by atoms with Crippen molar-refractivity contribution in [3.8, 4) is 5.75 Å². The predicted molar refractivity (Wildman–Crippen MR) is 145 cm³/mol. The summed E-state index contributed by atoms with van der Waals surface area (Å²) in [5.41, 5.74) is 3.61. The number of carboxylic acids is 1. The van der Waals surface area contributed by atoms with E-state index >= 15 is 0 Å². The minimum Gasteiger partial charge on any atom is -0.486 e. The van der Waals surface area contributed by atoms with E-state index < -0.39 is 5.97 Å². The minimum atomic E-state index is -0.893. The van der Waals surface area contributed by atoms with E-state index in [-0.39, 0.29) is 24.8 Å². The van der Waals surface area contributed by atoms with Gasteiger partial charge >= 0.3 is 5.97 Å². The summed E-state index contributed by atoms with van der Waals surface area (Å²) in [5.74, 6) is -0.491. The quantitative estimate of drug-likeness (QED) is 0.258. The maximum absolute atomic E-state index is 14.5. The van der Waals surface area contributed by atoms with Gasteiger partial charge in [0.05, 0.1) is 12.2 Å². The van der Waals surface area contributed by atoms with Crippen molar-refractivity contribution >= 4 is 28.1 Å². The largest absolute Gasteiger partial charge is 0.486 e. The molecule has 5 rings (SSSR count). The first kappa shape index (κ1) is 24.8. The Morgan fingerprint density at radius 2 is 1.78 bits per heavy atom. The fourth-order valence-electron chi connectivity index (χ4n) is 5.00. The van der Waals surface area contributed by atoms with Crippen LogP contribution in [0, 0.1) is 5.82 Å². The summed E-state index contributed by atoms with van der Waals surface area (Å²) in [5, 5.41) is 15.1. The van der Waals surface area contributed by atoms with Gasteiger partial charge in [-0.2, -0.15) is 0 Å². The number of ether oxygens (including phenoxy) is 1. The number of hydrogen-bond donors (Lipinski definition) is 2. The standard InChI is InChI=1S/C31H31FN2O3/c32-25-18-22(12-13-31(35)36)19-26(20-25)34-21-27(37-30-11-4-3-10-29(30)34)15-17-33-16-14-24-8-5-7-23-6-1-2-9-28(23)24/h1-11,18-20,27,33H,12-17,21H2,(H,35,36)/t27-/m1/s1. The van der Waals surface area contributed by atoms with Crippen molar-refractivity contribution in [3.63, 3.8) is 0 Å². The molecule has 5 nitrogen and oxygen atoms in total. The number of carboxylic acid groups (broad SMARTS) is 1.